The molecule has 0 aromatic carbocycles. The van der Waals surface area contributed by atoms with Gasteiger partial charge in [0.25, 0.3) is 0 Å². The van der Waals surface area contributed by atoms with Crippen molar-refractivity contribution >= 4 is 17.5 Å². The molecule has 1 N–H and O–H groups in total. The largest absolute Gasteiger partial charge is 0.304 e. The van der Waals surface area contributed by atoms with Gasteiger partial charge < -0.3 is 5.41 Å². The summed E-state index contributed by atoms with van der Waals surface area (Å²) in [5, 5.41) is 8.63. The minimum Gasteiger partial charge on any atom is -0.304 e. The van der Waals surface area contributed by atoms with Gasteiger partial charge in [-0.3, -0.25) is 0 Å². The topological polar surface area (TPSA) is 23.9 Å². The van der Waals surface area contributed by atoms with Gasteiger partial charge >= 0.3 is 0 Å². The third kappa shape index (κ3) is 1.86. The molecule has 62 valence electrons. The first-order valence-corrected chi connectivity index (χ1v) is 5.03. The van der Waals surface area contributed by atoms with Gasteiger partial charge in [-0.25, -0.2) is 0 Å². The Morgan fingerprint density at radius 2 is 2.09 bits per heavy atom. The fourth-order valence-electron chi connectivity index (χ4n) is 1.29. The van der Waals surface area contributed by atoms with E-state index in [2.05, 4.69) is 20.8 Å². The zero-order valence-electron chi connectivity index (χ0n) is 7.35. The summed E-state index contributed by atoms with van der Waals surface area (Å²) in [5.74, 6) is 0. The quantitative estimate of drug-likeness (QED) is 0.641. The second-order valence-electron chi connectivity index (χ2n) is 2.95. The average Bonchev–Trinajstić information content (AvgIpc) is 1.97. The molecule has 0 fully saturated rings. The van der Waals surface area contributed by atoms with Crippen LogP contribution < -0.4 is 0 Å². The molecule has 0 amide bonds. The van der Waals surface area contributed by atoms with E-state index in [0.29, 0.717) is 10.5 Å². The Balaban J connectivity index is 2.79. The highest BCUT2D eigenvalue weighted by atomic mass is 32.2. The van der Waals surface area contributed by atoms with Crippen molar-refractivity contribution in [1.82, 2.24) is 0 Å². The van der Waals surface area contributed by atoms with Crippen molar-refractivity contribution in [2.75, 3.05) is 0 Å². The van der Waals surface area contributed by atoms with Crippen LogP contribution >= 0.6 is 11.8 Å². The molecule has 1 aliphatic rings. The van der Waals surface area contributed by atoms with Crippen molar-refractivity contribution in [3.8, 4) is 0 Å². The molecule has 1 aliphatic heterocycles. The zero-order chi connectivity index (χ0) is 8.43. The summed E-state index contributed by atoms with van der Waals surface area (Å²) in [7, 11) is 0. The highest BCUT2D eigenvalue weighted by molar-refractivity contribution is 8.01. The van der Waals surface area contributed by atoms with Crippen molar-refractivity contribution in [1.29, 1.82) is 5.41 Å². The Morgan fingerprint density at radius 1 is 1.45 bits per heavy atom. The Labute approximate surface area is 72.8 Å². The van der Waals surface area contributed by atoms with Crippen LogP contribution in [0, 0.1) is 5.41 Å². The van der Waals surface area contributed by atoms with Crippen molar-refractivity contribution < 1.29 is 0 Å². The third-order valence-electron chi connectivity index (χ3n) is 2.12. The van der Waals surface area contributed by atoms with E-state index in [0.717, 1.165) is 12.1 Å². The van der Waals surface area contributed by atoms with Gasteiger partial charge in [-0.05, 0) is 26.3 Å². The van der Waals surface area contributed by atoms with Gasteiger partial charge in [0.1, 0.15) is 0 Å². The smallest absolute Gasteiger partial charge is 0.0441 e. The standard InChI is InChI=1S/C9H15NS/c1-4-8-5-9(10)7(3)11-6(8)2/h5-7,10H,4H2,1-3H3. The van der Waals surface area contributed by atoms with Gasteiger partial charge in [-0.15, -0.1) is 11.8 Å². The van der Waals surface area contributed by atoms with Gasteiger partial charge in [0.05, 0.1) is 0 Å². The zero-order valence-corrected chi connectivity index (χ0v) is 8.16. The minimum atomic E-state index is 0.389. The van der Waals surface area contributed by atoms with E-state index in [-0.39, 0.29) is 0 Å². The molecule has 0 aliphatic carbocycles. The monoisotopic (exact) mass is 169 g/mol. The summed E-state index contributed by atoms with van der Waals surface area (Å²) in [6.07, 6.45) is 3.13. The van der Waals surface area contributed by atoms with Crippen LogP contribution in [0.1, 0.15) is 27.2 Å². The van der Waals surface area contributed by atoms with E-state index in [9.17, 15) is 0 Å². The number of rotatable bonds is 1. The van der Waals surface area contributed by atoms with E-state index in [1.807, 2.05) is 17.8 Å². The van der Waals surface area contributed by atoms with Crippen LogP contribution in [0.15, 0.2) is 11.6 Å². The van der Waals surface area contributed by atoms with Gasteiger partial charge in [0.2, 0.25) is 0 Å². The van der Waals surface area contributed by atoms with Crippen LogP contribution in [0.25, 0.3) is 0 Å². The normalized spacial score (nSPS) is 31.9. The Kier molecular flexibility index (Phi) is 2.77. The number of hydrogen-bond donors (Lipinski definition) is 1. The van der Waals surface area contributed by atoms with Gasteiger partial charge in [0, 0.05) is 16.2 Å². The van der Waals surface area contributed by atoms with Crippen LogP contribution in [0.5, 0.6) is 0 Å². The molecule has 11 heavy (non-hydrogen) atoms. The molecule has 0 saturated heterocycles. The van der Waals surface area contributed by atoms with Crippen LogP contribution in [-0.4, -0.2) is 16.2 Å². The molecular formula is C9H15NS. The summed E-state index contributed by atoms with van der Waals surface area (Å²) in [5.41, 5.74) is 2.20. The maximum Gasteiger partial charge on any atom is 0.0441 e. The second kappa shape index (κ2) is 3.44. The third-order valence-corrected chi connectivity index (χ3v) is 3.49. The van der Waals surface area contributed by atoms with Gasteiger partial charge in [0.15, 0.2) is 0 Å². The molecule has 0 aromatic rings. The molecule has 2 heteroatoms. The fourth-order valence-corrected chi connectivity index (χ4v) is 2.53. The summed E-state index contributed by atoms with van der Waals surface area (Å²) in [6, 6.07) is 0. The summed E-state index contributed by atoms with van der Waals surface area (Å²) in [6.45, 7) is 6.49. The number of nitrogens with one attached hydrogen (secondary N) is 1. The van der Waals surface area contributed by atoms with Crippen molar-refractivity contribution in [3.63, 3.8) is 0 Å². The number of thioether (sulfide) groups is 1. The van der Waals surface area contributed by atoms with Crippen LogP contribution in [-0.2, 0) is 0 Å². The lowest BCUT2D eigenvalue weighted by Crippen LogP contribution is -2.21. The molecular weight excluding hydrogens is 154 g/mol. The molecule has 0 bridgehead atoms. The van der Waals surface area contributed by atoms with E-state index in [4.69, 9.17) is 5.41 Å². The van der Waals surface area contributed by atoms with Crippen LogP contribution in [0.2, 0.25) is 0 Å². The Morgan fingerprint density at radius 3 is 2.64 bits per heavy atom. The van der Waals surface area contributed by atoms with E-state index in [1.54, 1.807) is 0 Å². The molecule has 1 heterocycles. The number of hydrogen-bond acceptors (Lipinski definition) is 2. The molecule has 0 aromatic heterocycles. The Hall–Kier alpha value is -0.240. The maximum atomic E-state index is 7.62. The molecule has 1 rings (SSSR count). The molecule has 0 spiro atoms. The fraction of sp³-hybridized carbons (Fsp3) is 0.667. The first-order chi connectivity index (χ1) is 5.15. The predicted molar refractivity (Wildman–Crippen MR) is 52.6 cm³/mol. The SMILES string of the molecule is CCC1=CC(=N)C(C)SC1C. The first kappa shape index (κ1) is 8.85. The highest BCUT2D eigenvalue weighted by Gasteiger charge is 2.20. The van der Waals surface area contributed by atoms with Crippen molar-refractivity contribution in [2.45, 2.75) is 37.7 Å². The minimum absolute atomic E-state index is 0.389. The summed E-state index contributed by atoms with van der Waals surface area (Å²) >= 11 is 1.89. The van der Waals surface area contributed by atoms with E-state index < -0.39 is 0 Å². The van der Waals surface area contributed by atoms with Gasteiger partial charge in [-0.2, -0.15) is 0 Å². The molecule has 2 unspecified atom stereocenters. The van der Waals surface area contributed by atoms with Crippen LogP contribution in [0.4, 0.5) is 0 Å². The van der Waals surface area contributed by atoms with E-state index in [1.165, 1.54) is 5.57 Å². The molecule has 2 atom stereocenters. The molecule has 1 nitrogen and oxygen atoms in total. The lowest BCUT2D eigenvalue weighted by atomic mass is 10.1. The maximum absolute atomic E-state index is 7.62. The molecule has 0 radical (unpaired) electrons. The van der Waals surface area contributed by atoms with Gasteiger partial charge in [-0.1, -0.05) is 12.5 Å². The lowest BCUT2D eigenvalue weighted by Gasteiger charge is -2.24. The van der Waals surface area contributed by atoms with E-state index >= 15 is 0 Å². The number of allylic oxidation sites excluding steroid dienone is 1. The highest BCUT2D eigenvalue weighted by Crippen LogP contribution is 2.30. The Bertz CT molecular complexity index is 196. The summed E-state index contributed by atoms with van der Waals surface area (Å²) < 4.78 is 0. The first-order valence-electron chi connectivity index (χ1n) is 4.09. The van der Waals surface area contributed by atoms with Crippen molar-refractivity contribution in [3.05, 3.63) is 11.6 Å². The van der Waals surface area contributed by atoms with Crippen LogP contribution in [0.3, 0.4) is 0 Å². The van der Waals surface area contributed by atoms with Crippen molar-refractivity contribution in [2.24, 2.45) is 0 Å². The second-order valence-corrected chi connectivity index (χ2v) is 4.64. The summed E-state index contributed by atoms with van der Waals surface area (Å²) in [4.78, 5) is 0. The molecule has 0 saturated carbocycles. The predicted octanol–water partition coefficient (Wildman–Crippen LogP) is 2.87. The lowest BCUT2D eigenvalue weighted by molar-refractivity contribution is 0.978. The average molecular weight is 169 g/mol.